The van der Waals surface area contributed by atoms with Gasteiger partial charge < -0.3 is 5.73 Å². The molecule has 1 atom stereocenters. The van der Waals surface area contributed by atoms with Gasteiger partial charge in [-0.2, -0.15) is 0 Å². The highest BCUT2D eigenvalue weighted by Crippen LogP contribution is 2.30. The molecule has 0 radical (unpaired) electrons. The van der Waals surface area contributed by atoms with Crippen molar-refractivity contribution in [2.75, 3.05) is 12.3 Å². The van der Waals surface area contributed by atoms with E-state index < -0.39 is 0 Å². The summed E-state index contributed by atoms with van der Waals surface area (Å²) in [6.07, 6.45) is 21.0. The van der Waals surface area contributed by atoms with E-state index in [0.29, 0.717) is 0 Å². The van der Waals surface area contributed by atoms with Gasteiger partial charge in [0.05, 0.1) is 0 Å². The highest BCUT2D eigenvalue weighted by molar-refractivity contribution is 8.76. The Bertz CT molecular complexity index is 212. The zero-order valence-corrected chi connectivity index (χ0v) is 17.6. The smallest absolute Gasteiger partial charge is 0.0123 e. The lowest BCUT2D eigenvalue weighted by molar-refractivity contribution is 0.560. The van der Waals surface area contributed by atoms with Crippen molar-refractivity contribution < 1.29 is 0 Å². The van der Waals surface area contributed by atoms with Crippen LogP contribution in [0, 0.1) is 0 Å². The van der Waals surface area contributed by atoms with Crippen molar-refractivity contribution in [3.8, 4) is 0 Å². The summed E-state index contributed by atoms with van der Waals surface area (Å²) in [4.78, 5) is 0. The summed E-state index contributed by atoms with van der Waals surface area (Å²) < 4.78 is 0. The minimum absolute atomic E-state index is 0.838. The van der Waals surface area contributed by atoms with E-state index in [-0.39, 0.29) is 0 Å². The van der Waals surface area contributed by atoms with Crippen molar-refractivity contribution in [1.82, 2.24) is 0 Å². The molecule has 0 fully saturated rings. The Morgan fingerprint density at radius 3 is 1.83 bits per heavy atom. The minimum Gasteiger partial charge on any atom is -0.330 e. The van der Waals surface area contributed by atoms with Crippen LogP contribution in [0.25, 0.3) is 0 Å². The second kappa shape index (κ2) is 20.7. The van der Waals surface area contributed by atoms with Crippen LogP contribution in [0.15, 0.2) is 0 Å². The van der Waals surface area contributed by atoms with E-state index in [1.54, 1.807) is 0 Å². The van der Waals surface area contributed by atoms with E-state index in [1.807, 2.05) is 0 Å². The molecule has 0 aromatic rings. The van der Waals surface area contributed by atoms with Gasteiger partial charge in [-0.25, -0.2) is 0 Å². The van der Waals surface area contributed by atoms with E-state index in [2.05, 4.69) is 35.4 Å². The third-order valence-electron chi connectivity index (χ3n) is 4.38. The summed E-state index contributed by atoms with van der Waals surface area (Å²) in [7, 11) is 4.24. The molecule has 0 aromatic heterocycles. The molecule has 1 unspecified atom stereocenters. The van der Waals surface area contributed by atoms with Crippen LogP contribution in [0.3, 0.4) is 0 Å². The molecular formula is C20H43NS2. The topological polar surface area (TPSA) is 26.0 Å². The van der Waals surface area contributed by atoms with Gasteiger partial charge in [-0.15, -0.1) is 0 Å². The number of nitrogens with two attached hydrogens (primary N) is 1. The highest BCUT2D eigenvalue weighted by Gasteiger charge is 2.03. The normalized spacial score (nSPS) is 12.7. The molecular weight excluding hydrogens is 318 g/mol. The first kappa shape index (κ1) is 23.7. The zero-order chi connectivity index (χ0) is 17.0. The fourth-order valence-electron chi connectivity index (χ4n) is 2.79. The summed E-state index contributed by atoms with van der Waals surface area (Å²) in [5.74, 6) is 1.35. The van der Waals surface area contributed by atoms with Crippen LogP contribution < -0.4 is 5.73 Å². The van der Waals surface area contributed by atoms with Crippen LogP contribution >= 0.6 is 21.6 Å². The fourth-order valence-corrected chi connectivity index (χ4v) is 5.33. The van der Waals surface area contributed by atoms with Crippen LogP contribution in [-0.4, -0.2) is 17.5 Å². The van der Waals surface area contributed by atoms with Gasteiger partial charge in [0, 0.05) is 11.0 Å². The Morgan fingerprint density at radius 2 is 1.22 bits per heavy atom. The minimum atomic E-state index is 0.838. The number of hydrogen-bond acceptors (Lipinski definition) is 3. The summed E-state index contributed by atoms with van der Waals surface area (Å²) in [5, 5.41) is 0.838. The Labute approximate surface area is 155 Å². The van der Waals surface area contributed by atoms with Gasteiger partial charge in [0.25, 0.3) is 0 Å². The molecule has 0 heterocycles. The summed E-state index contributed by atoms with van der Waals surface area (Å²) in [6, 6.07) is 0. The van der Waals surface area contributed by atoms with E-state index >= 15 is 0 Å². The largest absolute Gasteiger partial charge is 0.330 e. The fraction of sp³-hybridized carbons (Fsp3) is 1.00. The van der Waals surface area contributed by atoms with Gasteiger partial charge in [-0.05, 0) is 25.8 Å². The molecule has 1 nitrogen and oxygen atoms in total. The van der Waals surface area contributed by atoms with Gasteiger partial charge in [0.1, 0.15) is 0 Å². The molecule has 23 heavy (non-hydrogen) atoms. The molecule has 0 amide bonds. The van der Waals surface area contributed by atoms with E-state index in [9.17, 15) is 0 Å². The van der Waals surface area contributed by atoms with Gasteiger partial charge >= 0.3 is 0 Å². The monoisotopic (exact) mass is 361 g/mol. The summed E-state index contributed by atoms with van der Waals surface area (Å²) >= 11 is 0. The lowest BCUT2D eigenvalue weighted by Gasteiger charge is -2.10. The van der Waals surface area contributed by atoms with Crippen molar-refractivity contribution in [2.24, 2.45) is 5.73 Å². The zero-order valence-electron chi connectivity index (χ0n) is 16.0. The summed E-state index contributed by atoms with van der Waals surface area (Å²) in [6.45, 7) is 5.56. The Balaban J connectivity index is 3.11. The number of unbranched alkanes of at least 4 members (excludes halogenated alkanes) is 12. The van der Waals surface area contributed by atoms with E-state index in [4.69, 9.17) is 5.73 Å². The molecule has 2 N–H and O–H groups in total. The van der Waals surface area contributed by atoms with E-state index in [0.717, 1.165) is 11.8 Å². The lowest BCUT2D eigenvalue weighted by atomic mass is 10.1. The Kier molecular flexibility index (Phi) is 21.3. The number of hydrogen-bond donors (Lipinski definition) is 1. The maximum absolute atomic E-state index is 5.51. The molecule has 0 saturated carbocycles. The van der Waals surface area contributed by atoms with Crippen molar-refractivity contribution >= 4 is 21.6 Å². The first-order valence-corrected chi connectivity index (χ1v) is 12.7. The first-order valence-electron chi connectivity index (χ1n) is 10.3. The van der Waals surface area contributed by atoms with Crippen LogP contribution in [0.1, 0.15) is 110 Å². The first-order chi connectivity index (χ1) is 11.3. The molecule has 0 aromatic carbocycles. The Morgan fingerprint density at radius 1 is 0.696 bits per heavy atom. The van der Waals surface area contributed by atoms with Crippen molar-refractivity contribution in [2.45, 2.75) is 115 Å². The molecule has 0 aliphatic rings. The average Bonchev–Trinajstić information content (AvgIpc) is 2.56. The van der Waals surface area contributed by atoms with Gasteiger partial charge in [-0.1, -0.05) is 112 Å². The second-order valence-corrected chi connectivity index (χ2v) is 9.83. The predicted molar refractivity (Wildman–Crippen MR) is 113 cm³/mol. The highest BCUT2D eigenvalue weighted by atomic mass is 33.1. The average molecular weight is 362 g/mol. The quantitative estimate of drug-likeness (QED) is 0.189. The maximum Gasteiger partial charge on any atom is 0.0123 e. The SMILES string of the molecule is CCCCCCCCSSC(C)CCCCCCCCCCN. The molecule has 0 saturated heterocycles. The van der Waals surface area contributed by atoms with Crippen molar-refractivity contribution in [1.29, 1.82) is 0 Å². The molecule has 0 aliphatic carbocycles. The molecule has 3 heteroatoms. The van der Waals surface area contributed by atoms with Gasteiger partial charge in [0.2, 0.25) is 0 Å². The van der Waals surface area contributed by atoms with Gasteiger partial charge in [-0.3, -0.25) is 0 Å². The maximum atomic E-state index is 5.51. The molecule has 0 spiro atoms. The van der Waals surface area contributed by atoms with Crippen LogP contribution in [0.4, 0.5) is 0 Å². The summed E-state index contributed by atoms with van der Waals surface area (Å²) in [5.41, 5.74) is 5.51. The lowest BCUT2D eigenvalue weighted by Crippen LogP contribution is -1.97. The van der Waals surface area contributed by atoms with Crippen LogP contribution in [0.2, 0.25) is 0 Å². The van der Waals surface area contributed by atoms with Crippen molar-refractivity contribution in [3.05, 3.63) is 0 Å². The van der Waals surface area contributed by atoms with Gasteiger partial charge in [0.15, 0.2) is 0 Å². The van der Waals surface area contributed by atoms with E-state index in [1.165, 1.54) is 102 Å². The molecule has 140 valence electrons. The van der Waals surface area contributed by atoms with Crippen LogP contribution in [0.5, 0.6) is 0 Å². The molecule has 0 aliphatic heterocycles. The third-order valence-corrected chi connectivity index (χ3v) is 7.43. The number of rotatable bonds is 19. The third kappa shape index (κ3) is 20.6. The molecule has 0 rings (SSSR count). The molecule has 0 bridgehead atoms. The van der Waals surface area contributed by atoms with Crippen LogP contribution in [-0.2, 0) is 0 Å². The standard InChI is InChI=1S/C20H43NS2/c1-3-4-5-6-13-16-19-22-23-20(2)17-14-11-9-7-8-10-12-15-18-21/h20H,3-19,21H2,1-2H3. The second-order valence-electron chi connectivity index (χ2n) is 6.90. The Hall–Kier alpha value is 0.660. The predicted octanol–water partition coefficient (Wildman–Crippen LogP) is 7.59. The van der Waals surface area contributed by atoms with Crippen molar-refractivity contribution in [3.63, 3.8) is 0 Å².